The third kappa shape index (κ3) is 4.58. The highest BCUT2D eigenvalue weighted by Crippen LogP contribution is 2.38. The third-order valence-corrected chi connectivity index (χ3v) is 6.30. The van der Waals surface area contributed by atoms with Gasteiger partial charge in [-0.2, -0.15) is 4.99 Å². The Kier molecular flexibility index (Phi) is 6.51. The van der Waals surface area contributed by atoms with Crippen molar-refractivity contribution in [1.29, 1.82) is 5.41 Å². The van der Waals surface area contributed by atoms with Crippen molar-refractivity contribution in [2.75, 3.05) is 6.61 Å². The van der Waals surface area contributed by atoms with Crippen LogP contribution in [0.25, 0.3) is 11.8 Å². The van der Waals surface area contributed by atoms with E-state index in [1.54, 1.807) is 53.4 Å². The molecule has 0 saturated heterocycles. The predicted octanol–water partition coefficient (Wildman–Crippen LogP) is 5.61. The number of ether oxygens (including phenoxy) is 2. The molecule has 8 heteroatoms. The Balaban J connectivity index is 1.44. The zero-order valence-electron chi connectivity index (χ0n) is 19.3. The van der Waals surface area contributed by atoms with Crippen LogP contribution in [0.5, 0.6) is 11.5 Å². The van der Waals surface area contributed by atoms with E-state index >= 15 is 0 Å². The summed E-state index contributed by atoms with van der Waals surface area (Å²) in [4.78, 5) is 31.2. The largest absolute Gasteiger partial charge is 0.490 e. The van der Waals surface area contributed by atoms with Crippen LogP contribution in [-0.4, -0.2) is 34.4 Å². The molecular weight excluding hydrogens is 474 g/mol. The molecule has 0 atom stereocenters. The lowest BCUT2D eigenvalue weighted by Crippen LogP contribution is -2.38. The summed E-state index contributed by atoms with van der Waals surface area (Å²) in [6.07, 6.45) is 1.60. The van der Waals surface area contributed by atoms with Gasteiger partial charge in [0.1, 0.15) is 5.84 Å². The Labute approximate surface area is 212 Å². The molecule has 0 aromatic heterocycles. The van der Waals surface area contributed by atoms with Gasteiger partial charge < -0.3 is 9.47 Å². The molecule has 2 heterocycles. The Morgan fingerprint density at radius 3 is 2.47 bits per heavy atom. The van der Waals surface area contributed by atoms with E-state index in [2.05, 4.69) is 4.99 Å². The molecule has 178 valence electrons. The van der Waals surface area contributed by atoms with Crippen LogP contribution in [0.2, 0.25) is 0 Å². The molecule has 36 heavy (non-hydrogen) atoms. The quantitative estimate of drug-likeness (QED) is 0.272. The zero-order chi connectivity index (χ0) is 25.1. The molecule has 1 amide bonds. The fourth-order valence-electron chi connectivity index (χ4n) is 3.78. The molecule has 7 nitrogen and oxygen atoms in total. The van der Waals surface area contributed by atoms with Crippen LogP contribution in [0.1, 0.15) is 28.4 Å². The van der Waals surface area contributed by atoms with Gasteiger partial charge in [0.15, 0.2) is 16.7 Å². The van der Waals surface area contributed by atoms with Crippen molar-refractivity contribution in [3.8, 4) is 11.5 Å². The number of esters is 1. The number of hydrogen-bond donors (Lipinski definition) is 1. The van der Waals surface area contributed by atoms with Crippen molar-refractivity contribution in [3.63, 3.8) is 0 Å². The molecule has 0 aliphatic carbocycles. The number of thioether (sulfide) groups is 1. The lowest BCUT2D eigenvalue weighted by molar-refractivity contribution is -0.114. The van der Waals surface area contributed by atoms with Gasteiger partial charge in [-0.25, -0.2) is 4.79 Å². The molecule has 0 radical (unpaired) electrons. The Bertz CT molecular complexity index is 1450. The van der Waals surface area contributed by atoms with Gasteiger partial charge in [0.05, 0.1) is 23.4 Å². The Hall–Kier alpha value is -4.43. The third-order valence-electron chi connectivity index (χ3n) is 5.47. The van der Waals surface area contributed by atoms with E-state index in [1.807, 2.05) is 48.7 Å². The average molecular weight is 496 g/mol. The van der Waals surface area contributed by atoms with E-state index in [4.69, 9.17) is 14.9 Å². The number of amidine groups is 2. The van der Waals surface area contributed by atoms with Crippen molar-refractivity contribution < 1.29 is 19.1 Å². The van der Waals surface area contributed by atoms with Gasteiger partial charge in [0.25, 0.3) is 5.91 Å². The molecule has 5 rings (SSSR count). The minimum atomic E-state index is -0.500. The maximum Gasteiger partial charge on any atom is 0.343 e. The van der Waals surface area contributed by atoms with Gasteiger partial charge in [-0.15, -0.1) is 0 Å². The van der Waals surface area contributed by atoms with Crippen molar-refractivity contribution in [2.45, 2.75) is 6.92 Å². The van der Waals surface area contributed by atoms with Crippen molar-refractivity contribution in [1.82, 2.24) is 4.90 Å². The van der Waals surface area contributed by atoms with Gasteiger partial charge in [0.2, 0.25) is 0 Å². The number of fused-ring (bicyclic) bond motifs is 1. The Morgan fingerprint density at radius 2 is 1.75 bits per heavy atom. The van der Waals surface area contributed by atoms with Gasteiger partial charge in [-0.1, -0.05) is 66.4 Å². The van der Waals surface area contributed by atoms with E-state index in [0.29, 0.717) is 28.7 Å². The molecule has 2 aliphatic rings. The molecular formula is C28H21N3O4S. The number of carbonyl (C=O) groups excluding carboxylic acids is 2. The normalized spacial score (nSPS) is 15.9. The van der Waals surface area contributed by atoms with Crippen LogP contribution in [0.3, 0.4) is 0 Å². The Morgan fingerprint density at radius 1 is 1.03 bits per heavy atom. The monoisotopic (exact) mass is 495 g/mol. The zero-order valence-corrected chi connectivity index (χ0v) is 20.1. The van der Waals surface area contributed by atoms with E-state index in [-0.39, 0.29) is 17.2 Å². The summed E-state index contributed by atoms with van der Waals surface area (Å²) < 4.78 is 11.3. The van der Waals surface area contributed by atoms with Crippen LogP contribution >= 0.6 is 11.8 Å². The van der Waals surface area contributed by atoms with Crippen LogP contribution in [0, 0.1) is 5.41 Å². The van der Waals surface area contributed by atoms with Crippen LogP contribution in [0.4, 0.5) is 0 Å². The van der Waals surface area contributed by atoms with Crippen molar-refractivity contribution in [3.05, 3.63) is 107 Å². The highest BCUT2D eigenvalue weighted by atomic mass is 32.2. The number of carbonyl (C=O) groups is 2. The SMILES string of the molecule is CCOc1cc(C=C2C(=N)N3C(c4ccccc4)=CSC3=NC2=O)ccc1OC(=O)c1ccccc1. The lowest BCUT2D eigenvalue weighted by Gasteiger charge is -2.27. The molecule has 3 aromatic carbocycles. The first-order valence-electron chi connectivity index (χ1n) is 11.2. The second-order valence-electron chi connectivity index (χ2n) is 7.82. The molecule has 0 fully saturated rings. The first-order chi connectivity index (χ1) is 17.5. The van der Waals surface area contributed by atoms with E-state index in [0.717, 1.165) is 11.3 Å². The summed E-state index contributed by atoms with van der Waals surface area (Å²) in [5.74, 6) is -0.317. The minimum Gasteiger partial charge on any atom is -0.490 e. The van der Waals surface area contributed by atoms with Crippen LogP contribution in [0.15, 0.2) is 94.8 Å². The number of benzene rings is 3. The fourth-order valence-corrected chi connectivity index (χ4v) is 4.67. The molecule has 0 unspecified atom stereocenters. The number of amides is 1. The average Bonchev–Trinajstić information content (AvgIpc) is 3.33. The number of rotatable bonds is 6. The molecule has 0 saturated carbocycles. The summed E-state index contributed by atoms with van der Waals surface area (Å²) in [5.41, 5.74) is 2.91. The molecule has 1 N–H and O–H groups in total. The standard InChI is InChI=1S/C28H21N3O4S/c1-2-34-24-16-18(13-14-23(24)35-27(33)20-11-7-4-8-12-20)15-21-25(29)31-22(19-9-5-3-6-10-19)17-36-28(31)30-26(21)32/h3-17,29H,2H2,1H3. The first-order valence-corrected chi connectivity index (χ1v) is 12.1. The fraction of sp³-hybridized carbons (Fsp3) is 0.0714. The van der Waals surface area contributed by atoms with Crippen LogP contribution < -0.4 is 9.47 Å². The topological polar surface area (TPSA) is 92.1 Å². The summed E-state index contributed by atoms with van der Waals surface area (Å²) in [7, 11) is 0. The summed E-state index contributed by atoms with van der Waals surface area (Å²) >= 11 is 1.32. The number of nitrogens with zero attached hydrogens (tertiary/aromatic N) is 2. The summed E-state index contributed by atoms with van der Waals surface area (Å²) in [6.45, 7) is 2.18. The molecule has 0 bridgehead atoms. The second kappa shape index (κ2) is 10.1. The maximum atomic E-state index is 12.8. The van der Waals surface area contributed by atoms with Gasteiger partial charge >= 0.3 is 5.97 Å². The summed E-state index contributed by atoms with van der Waals surface area (Å²) in [5, 5.41) is 11.1. The second-order valence-corrected chi connectivity index (χ2v) is 8.66. The smallest absolute Gasteiger partial charge is 0.343 e. The number of hydrogen-bond acceptors (Lipinski definition) is 6. The highest BCUT2D eigenvalue weighted by Gasteiger charge is 2.36. The first kappa shape index (κ1) is 23.3. The predicted molar refractivity (Wildman–Crippen MR) is 141 cm³/mol. The van der Waals surface area contributed by atoms with E-state index < -0.39 is 11.9 Å². The lowest BCUT2D eigenvalue weighted by atomic mass is 10.1. The molecule has 3 aromatic rings. The number of aliphatic imine (C=N–C) groups is 1. The highest BCUT2D eigenvalue weighted by molar-refractivity contribution is 8.17. The van der Waals surface area contributed by atoms with Gasteiger partial charge in [-0.3, -0.25) is 15.1 Å². The minimum absolute atomic E-state index is 0.0441. The number of nitrogens with one attached hydrogen (secondary N) is 1. The van der Waals surface area contributed by atoms with E-state index in [1.165, 1.54) is 11.8 Å². The summed E-state index contributed by atoms with van der Waals surface area (Å²) in [6, 6.07) is 23.4. The molecule has 2 aliphatic heterocycles. The van der Waals surface area contributed by atoms with Crippen molar-refractivity contribution >= 4 is 46.4 Å². The van der Waals surface area contributed by atoms with Crippen LogP contribution in [-0.2, 0) is 4.79 Å². The van der Waals surface area contributed by atoms with Gasteiger partial charge in [0, 0.05) is 5.41 Å². The van der Waals surface area contributed by atoms with Gasteiger partial charge in [-0.05, 0) is 48.4 Å². The van der Waals surface area contributed by atoms with E-state index in [9.17, 15) is 9.59 Å². The molecule has 0 spiro atoms. The maximum absolute atomic E-state index is 12.8. The van der Waals surface area contributed by atoms with Crippen molar-refractivity contribution in [2.24, 2.45) is 4.99 Å².